The molecule has 2 heterocycles. The first-order chi connectivity index (χ1) is 17.4. The van der Waals surface area contributed by atoms with Crippen molar-refractivity contribution < 1.29 is 9.59 Å². The molecule has 188 valence electrons. The van der Waals surface area contributed by atoms with Crippen LogP contribution in [0.3, 0.4) is 0 Å². The third-order valence-corrected chi connectivity index (χ3v) is 6.98. The summed E-state index contributed by atoms with van der Waals surface area (Å²) in [5, 5.41) is 3.23. The average Bonchev–Trinajstić information content (AvgIpc) is 2.89. The molecule has 0 bridgehead atoms. The van der Waals surface area contributed by atoms with Crippen LogP contribution < -0.4 is 5.32 Å². The van der Waals surface area contributed by atoms with Crippen LogP contribution in [0.1, 0.15) is 30.6 Å². The van der Waals surface area contributed by atoms with E-state index >= 15 is 0 Å². The maximum atomic E-state index is 12.8. The number of nitrogens with zero attached hydrogens (tertiary/aromatic N) is 5. The third kappa shape index (κ3) is 6.61. The number of carbonyl (C=O) groups excluding carboxylic acids is 2. The molecule has 0 unspecified atom stereocenters. The zero-order chi connectivity index (χ0) is 25.5. The van der Waals surface area contributed by atoms with Gasteiger partial charge in [0.1, 0.15) is 0 Å². The first-order valence-electron chi connectivity index (χ1n) is 12.2. The van der Waals surface area contributed by atoms with Gasteiger partial charge in [-0.2, -0.15) is 0 Å². The first kappa shape index (κ1) is 25.7. The zero-order valence-electron chi connectivity index (χ0n) is 21.0. The smallest absolute Gasteiger partial charge is 0.253 e. The number of carbonyl (C=O) groups is 2. The highest BCUT2D eigenvalue weighted by Crippen LogP contribution is 2.26. The van der Waals surface area contributed by atoms with Gasteiger partial charge < -0.3 is 15.1 Å². The van der Waals surface area contributed by atoms with Crippen LogP contribution >= 0.6 is 11.9 Å². The number of nitrogens with one attached hydrogen (secondary N) is 1. The summed E-state index contributed by atoms with van der Waals surface area (Å²) in [6, 6.07) is 17.6. The Bertz CT molecular complexity index is 1180. The molecule has 4 rings (SSSR count). The summed E-state index contributed by atoms with van der Waals surface area (Å²) in [4.78, 5) is 38.1. The van der Waals surface area contributed by atoms with Crippen LogP contribution in [0.25, 0.3) is 11.3 Å². The minimum Gasteiger partial charge on any atom is -0.339 e. The second-order valence-corrected chi connectivity index (χ2v) is 10.0. The lowest BCUT2D eigenvalue weighted by Gasteiger charge is -2.34. The van der Waals surface area contributed by atoms with E-state index in [1.54, 1.807) is 47.0 Å². The van der Waals surface area contributed by atoms with E-state index in [9.17, 15) is 9.59 Å². The van der Waals surface area contributed by atoms with Gasteiger partial charge in [0.25, 0.3) is 5.91 Å². The van der Waals surface area contributed by atoms with E-state index in [2.05, 4.69) is 57.8 Å². The van der Waals surface area contributed by atoms with Crippen molar-refractivity contribution >= 4 is 35.4 Å². The van der Waals surface area contributed by atoms with E-state index in [1.165, 1.54) is 4.90 Å². The Balaban J connectivity index is 1.37. The predicted molar refractivity (Wildman–Crippen MR) is 144 cm³/mol. The Hall–Kier alpha value is -3.43. The molecule has 0 radical (unpaired) electrons. The van der Waals surface area contributed by atoms with Crippen LogP contribution in [0.15, 0.2) is 65.7 Å². The maximum Gasteiger partial charge on any atom is 0.253 e. The Morgan fingerprint density at radius 2 is 1.64 bits per heavy atom. The number of rotatable bonds is 8. The van der Waals surface area contributed by atoms with Crippen molar-refractivity contribution in [2.45, 2.75) is 25.2 Å². The Labute approximate surface area is 216 Å². The minimum absolute atomic E-state index is 0.0227. The fourth-order valence-corrected chi connectivity index (χ4v) is 4.93. The molecule has 0 saturated carbocycles. The van der Waals surface area contributed by atoms with Gasteiger partial charge in [-0.25, -0.2) is 14.3 Å². The molecule has 0 atom stereocenters. The molecule has 1 aliphatic rings. The lowest BCUT2D eigenvalue weighted by molar-refractivity contribution is -0.130. The van der Waals surface area contributed by atoms with Crippen LogP contribution in [-0.4, -0.2) is 75.7 Å². The van der Waals surface area contributed by atoms with Gasteiger partial charge in [-0.05, 0) is 67.9 Å². The molecule has 1 aromatic heterocycles. The van der Waals surface area contributed by atoms with Crippen molar-refractivity contribution in [2.75, 3.05) is 45.1 Å². The molecule has 3 aromatic rings. The van der Waals surface area contributed by atoms with Gasteiger partial charge in [0.2, 0.25) is 11.9 Å². The monoisotopic (exact) mass is 504 g/mol. The third-order valence-electron chi connectivity index (χ3n) is 6.01. The SMILES string of the molecule is CCCN(C)Sc1ccc(-c2ccnc(Nc3ccc(C(=O)N4CCN(C(C)=O)CC4)cc3)n2)cc1. The van der Waals surface area contributed by atoms with Crippen LogP contribution in [0, 0.1) is 0 Å². The highest BCUT2D eigenvalue weighted by Gasteiger charge is 2.23. The number of hydrogen-bond donors (Lipinski definition) is 1. The van der Waals surface area contributed by atoms with E-state index < -0.39 is 0 Å². The molecule has 1 fully saturated rings. The molecule has 9 heteroatoms. The average molecular weight is 505 g/mol. The van der Waals surface area contributed by atoms with Crippen molar-refractivity contribution in [2.24, 2.45) is 0 Å². The van der Waals surface area contributed by atoms with Gasteiger partial charge in [-0.3, -0.25) is 9.59 Å². The fraction of sp³-hybridized carbons (Fsp3) is 0.333. The van der Waals surface area contributed by atoms with E-state index in [0.717, 1.165) is 29.9 Å². The van der Waals surface area contributed by atoms with Gasteiger partial charge in [0.05, 0.1) is 5.69 Å². The number of benzene rings is 2. The number of hydrogen-bond acceptors (Lipinski definition) is 7. The van der Waals surface area contributed by atoms with E-state index in [0.29, 0.717) is 37.7 Å². The summed E-state index contributed by atoms with van der Waals surface area (Å²) in [5.74, 6) is 0.522. The highest BCUT2D eigenvalue weighted by atomic mass is 32.2. The van der Waals surface area contributed by atoms with E-state index in [4.69, 9.17) is 0 Å². The van der Waals surface area contributed by atoms with Crippen molar-refractivity contribution in [3.63, 3.8) is 0 Å². The van der Waals surface area contributed by atoms with Crippen LogP contribution in [-0.2, 0) is 4.79 Å². The lowest BCUT2D eigenvalue weighted by Crippen LogP contribution is -2.50. The molecule has 2 aromatic carbocycles. The van der Waals surface area contributed by atoms with E-state index in [1.807, 2.05) is 18.2 Å². The van der Waals surface area contributed by atoms with Gasteiger partial charge in [-0.1, -0.05) is 19.1 Å². The Morgan fingerprint density at radius 1 is 0.972 bits per heavy atom. The standard InChI is InChI=1S/C27H32N6O2S/c1-4-15-31(3)36-24-11-7-21(8-12-24)25-13-14-28-27(30-25)29-23-9-5-22(6-10-23)26(35)33-18-16-32(17-19-33)20(2)34/h5-14H,4,15-19H2,1-3H3,(H,28,29,30). The number of aromatic nitrogens is 2. The topological polar surface area (TPSA) is 81.7 Å². The molecule has 8 nitrogen and oxygen atoms in total. The maximum absolute atomic E-state index is 12.8. The second-order valence-electron chi connectivity index (χ2n) is 8.73. The van der Waals surface area contributed by atoms with Gasteiger partial charge >= 0.3 is 0 Å². The second kappa shape index (κ2) is 12.0. The van der Waals surface area contributed by atoms with Crippen LogP contribution in [0.2, 0.25) is 0 Å². The highest BCUT2D eigenvalue weighted by molar-refractivity contribution is 7.97. The molecule has 1 saturated heterocycles. The zero-order valence-corrected chi connectivity index (χ0v) is 21.8. The summed E-state index contributed by atoms with van der Waals surface area (Å²) in [6.45, 7) is 7.03. The van der Waals surface area contributed by atoms with Gasteiger partial charge in [0.15, 0.2) is 0 Å². The number of amides is 2. The minimum atomic E-state index is -0.0227. The Kier molecular flexibility index (Phi) is 8.56. The van der Waals surface area contributed by atoms with Gasteiger partial charge in [-0.15, -0.1) is 0 Å². The predicted octanol–water partition coefficient (Wildman–Crippen LogP) is 4.54. The summed E-state index contributed by atoms with van der Waals surface area (Å²) in [7, 11) is 2.10. The summed E-state index contributed by atoms with van der Waals surface area (Å²) < 4.78 is 2.23. The first-order valence-corrected chi connectivity index (χ1v) is 12.9. The molecule has 1 N–H and O–H groups in total. The quantitative estimate of drug-likeness (QED) is 0.451. The number of anilines is 2. The molecule has 36 heavy (non-hydrogen) atoms. The lowest BCUT2D eigenvalue weighted by atomic mass is 10.1. The molecular formula is C27H32N6O2S. The summed E-state index contributed by atoms with van der Waals surface area (Å²) in [6.07, 6.45) is 2.86. The van der Waals surface area contributed by atoms with Crippen LogP contribution in [0.5, 0.6) is 0 Å². The molecule has 0 aliphatic carbocycles. The van der Waals surface area contributed by atoms with Crippen molar-refractivity contribution in [1.29, 1.82) is 0 Å². The summed E-state index contributed by atoms with van der Waals surface area (Å²) >= 11 is 1.74. The van der Waals surface area contributed by atoms with Gasteiger partial charge in [0, 0.05) is 67.6 Å². The molecule has 1 aliphatic heterocycles. The van der Waals surface area contributed by atoms with E-state index in [-0.39, 0.29) is 11.8 Å². The van der Waals surface area contributed by atoms with Crippen molar-refractivity contribution in [3.8, 4) is 11.3 Å². The number of piperazine rings is 1. The fourth-order valence-electron chi connectivity index (χ4n) is 4.04. The molecular weight excluding hydrogens is 472 g/mol. The Morgan fingerprint density at radius 3 is 2.28 bits per heavy atom. The molecule has 0 spiro atoms. The van der Waals surface area contributed by atoms with Crippen molar-refractivity contribution in [3.05, 3.63) is 66.4 Å². The summed E-state index contributed by atoms with van der Waals surface area (Å²) in [5.41, 5.74) is 3.28. The largest absolute Gasteiger partial charge is 0.339 e. The normalized spacial score (nSPS) is 13.7. The van der Waals surface area contributed by atoms with Crippen LogP contribution in [0.4, 0.5) is 11.6 Å². The molecule has 2 amide bonds. The van der Waals surface area contributed by atoms with Crippen molar-refractivity contribution in [1.82, 2.24) is 24.1 Å².